The van der Waals surface area contributed by atoms with E-state index in [4.69, 9.17) is 5.11 Å². The molecule has 0 saturated carbocycles. The number of anilines is 2. The van der Waals surface area contributed by atoms with Crippen LogP contribution in [0.15, 0.2) is 65.6 Å². The van der Waals surface area contributed by atoms with E-state index in [2.05, 4.69) is 15.6 Å². The van der Waals surface area contributed by atoms with E-state index in [1.54, 1.807) is 18.2 Å². The molecule has 1 aromatic heterocycles. The zero-order valence-corrected chi connectivity index (χ0v) is 16.0. The lowest BCUT2D eigenvalue weighted by Gasteiger charge is -2.06. The molecular formula is C19H15N3O4S2. The number of hydrogen-bond acceptors (Lipinski definition) is 6. The fourth-order valence-corrected chi connectivity index (χ4v) is 3.86. The van der Waals surface area contributed by atoms with Crippen molar-refractivity contribution in [2.45, 2.75) is 4.90 Å². The fraction of sp³-hybridized carbons (Fsp3) is 0.0526. The highest BCUT2D eigenvalue weighted by molar-refractivity contribution is 8.00. The van der Waals surface area contributed by atoms with Crippen molar-refractivity contribution in [1.82, 2.24) is 4.98 Å². The summed E-state index contributed by atoms with van der Waals surface area (Å²) in [5, 5.41) is 14.4. The number of rotatable bonds is 7. The van der Waals surface area contributed by atoms with Crippen LogP contribution in [0.25, 0.3) is 10.2 Å². The number of carbonyl (C=O) groups is 3. The van der Waals surface area contributed by atoms with Crippen LogP contribution >= 0.6 is 23.1 Å². The zero-order chi connectivity index (χ0) is 19.9. The van der Waals surface area contributed by atoms with Gasteiger partial charge in [-0.2, -0.15) is 0 Å². The third-order valence-corrected chi connectivity index (χ3v) is 5.33. The van der Waals surface area contributed by atoms with E-state index in [-0.39, 0.29) is 11.7 Å². The van der Waals surface area contributed by atoms with Gasteiger partial charge in [0.15, 0.2) is 5.13 Å². The van der Waals surface area contributed by atoms with Crippen LogP contribution in [0.3, 0.4) is 0 Å². The first-order valence-electron chi connectivity index (χ1n) is 8.10. The number of hydrogen-bond donors (Lipinski definition) is 3. The standard InChI is InChI=1S/C19H15N3O4S2/c23-16(8-9-18(25)26)20-12-4-3-5-13(10-12)27-11-17(24)22-19-21-14-6-1-2-7-15(14)28-19/h1-10H,11H2,(H,20,23)(H,25,26)(H,21,22,24)/b9-8+. The Morgan fingerprint density at radius 1 is 1.07 bits per heavy atom. The van der Waals surface area contributed by atoms with E-state index in [9.17, 15) is 14.4 Å². The topological polar surface area (TPSA) is 108 Å². The number of para-hydroxylation sites is 1. The highest BCUT2D eigenvalue weighted by Crippen LogP contribution is 2.26. The quantitative estimate of drug-likeness (QED) is 0.403. The van der Waals surface area contributed by atoms with Crippen LogP contribution in [0.5, 0.6) is 0 Å². The molecule has 2 amide bonds. The Labute approximate surface area is 168 Å². The van der Waals surface area contributed by atoms with Gasteiger partial charge in [-0.1, -0.05) is 29.5 Å². The third-order valence-electron chi connectivity index (χ3n) is 3.39. The van der Waals surface area contributed by atoms with Crippen molar-refractivity contribution >= 4 is 61.9 Å². The van der Waals surface area contributed by atoms with Crippen LogP contribution in [0, 0.1) is 0 Å². The van der Waals surface area contributed by atoms with E-state index < -0.39 is 11.9 Å². The molecule has 28 heavy (non-hydrogen) atoms. The molecule has 2 aromatic carbocycles. The summed E-state index contributed by atoms with van der Waals surface area (Å²) >= 11 is 2.73. The van der Waals surface area contributed by atoms with Crippen molar-refractivity contribution in [3.05, 3.63) is 60.7 Å². The summed E-state index contributed by atoms with van der Waals surface area (Å²) in [5.74, 6) is -1.73. The number of fused-ring (bicyclic) bond motifs is 1. The van der Waals surface area contributed by atoms with Gasteiger partial charge in [-0.3, -0.25) is 9.59 Å². The van der Waals surface area contributed by atoms with Crippen molar-refractivity contribution < 1.29 is 19.5 Å². The summed E-state index contributed by atoms with van der Waals surface area (Å²) < 4.78 is 1.01. The van der Waals surface area contributed by atoms with E-state index in [1.165, 1.54) is 23.1 Å². The summed E-state index contributed by atoms with van der Waals surface area (Å²) in [5.41, 5.74) is 1.35. The number of aromatic nitrogens is 1. The maximum Gasteiger partial charge on any atom is 0.328 e. The molecule has 3 aromatic rings. The molecule has 0 aliphatic heterocycles. The molecule has 1 heterocycles. The Bertz CT molecular complexity index is 1030. The lowest BCUT2D eigenvalue weighted by molar-refractivity contribution is -0.131. The maximum atomic E-state index is 12.2. The lowest BCUT2D eigenvalue weighted by Crippen LogP contribution is -2.13. The molecule has 0 saturated heterocycles. The van der Waals surface area contributed by atoms with Gasteiger partial charge in [-0.15, -0.1) is 11.8 Å². The summed E-state index contributed by atoms with van der Waals surface area (Å²) in [7, 11) is 0. The first-order valence-corrected chi connectivity index (χ1v) is 9.90. The molecule has 0 spiro atoms. The van der Waals surface area contributed by atoms with Crippen molar-refractivity contribution in [2.24, 2.45) is 0 Å². The lowest BCUT2D eigenvalue weighted by atomic mass is 10.3. The number of thioether (sulfide) groups is 1. The van der Waals surface area contributed by atoms with Gasteiger partial charge in [0, 0.05) is 22.7 Å². The third kappa shape index (κ3) is 5.66. The second-order valence-corrected chi connectivity index (χ2v) is 7.59. The highest BCUT2D eigenvalue weighted by atomic mass is 32.2. The Balaban J connectivity index is 1.54. The number of nitrogens with zero attached hydrogens (tertiary/aromatic N) is 1. The van der Waals surface area contributed by atoms with Crippen LogP contribution < -0.4 is 10.6 Å². The van der Waals surface area contributed by atoms with Crippen molar-refractivity contribution in [2.75, 3.05) is 16.4 Å². The molecule has 9 heteroatoms. The Morgan fingerprint density at radius 2 is 1.89 bits per heavy atom. The number of carboxylic acids is 1. The molecule has 3 N–H and O–H groups in total. The molecule has 0 aliphatic rings. The van der Waals surface area contributed by atoms with Gasteiger partial charge in [0.1, 0.15) is 0 Å². The molecule has 142 valence electrons. The minimum Gasteiger partial charge on any atom is -0.478 e. The van der Waals surface area contributed by atoms with Crippen molar-refractivity contribution in [1.29, 1.82) is 0 Å². The SMILES string of the molecule is O=C(O)/C=C/C(=O)Nc1cccc(SCC(=O)Nc2nc3ccccc3s2)c1. The van der Waals surface area contributed by atoms with Gasteiger partial charge >= 0.3 is 5.97 Å². The molecule has 0 radical (unpaired) electrons. The number of aliphatic carboxylic acids is 1. The largest absolute Gasteiger partial charge is 0.478 e. The number of thiazole rings is 1. The van der Waals surface area contributed by atoms with Crippen LogP contribution in [0.2, 0.25) is 0 Å². The van der Waals surface area contributed by atoms with Gasteiger partial charge in [-0.05, 0) is 30.3 Å². The molecule has 0 aliphatic carbocycles. The monoisotopic (exact) mass is 413 g/mol. The van der Waals surface area contributed by atoms with Crippen LogP contribution in [-0.4, -0.2) is 33.6 Å². The Kier molecular flexibility index (Phi) is 6.41. The molecule has 0 bridgehead atoms. The minimum absolute atomic E-state index is 0.178. The molecular weight excluding hydrogens is 398 g/mol. The van der Waals surface area contributed by atoms with Crippen molar-refractivity contribution in [3.8, 4) is 0 Å². The normalized spacial score (nSPS) is 10.9. The number of nitrogens with one attached hydrogen (secondary N) is 2. The Hall–Kier alpha value is -3.17. The predicted octanol–water partition coefficient (Wildman–Crippen LogP) is 3.61. The maximum absolute atomic E-state index is 12.2. The average Bonchev–Trinajstić information content (AvgIpc) is 3.07. The molecule has 0 fully saturated rings. The van der Waals surface area contributed by atoms with E-state index in [0.29, 0.717) is 10.8 Å². The summed E-state index contributed by atoms with van der Waals surface area (Å²) in [4.78, 5) is 39.4. The summed E-state index contributed by atoms with van der Waals surface area (Å²) in [6.45, 7) is 0. The highest BCUT2D eigenvalue weighted by Gasteiger charge is 2.09. The van der Waals surface area contributed by atoms with Crippen molar-refractivity contribution in [3.63, 3.8) is 0 Å². The van der Waals surface area contributed by atoms with Gasteiger partial charge in [0.25, 0.3) is 0 Å². The summed E-state index contributed by atoms with van der Waals surface area (Å²) in [6.07, 6.45) is 1.70. The number of amides is 2. The Morgan fingerprint density at radius 3 is 2.68 bits per heavy atom. The second kappa shape index (κ2) is 9.16. The second-order valence-electron chi connectivity index (χ2n) is 5.51. The van der Waals surface area contributed by atoms with Gasteiger partial charge in [0.2, 0.25) is 11.8 Å². The van der Waals surface area contributed by atoms with Gasteiger partial charge in [0.05, 0.1) is 16.0 Å². The van der Waals surface area contributed by atoms with E-state index in [0.717, 1.165) is 27.3 Å². The molecule has 3 rings (SSSR count). The molecule has 0 unspecified atom stereocenters. The molecule has 7 nitrogen and oxygen atoms in total. The van der Waals surface area contributed by atoms with Gasteiger partial charge < -0.3 is 15.7 Å². The number of benzene rings is 2. The predicted molar refractivity (Wildman–Crippen MR) is 111 cm³/mol. The van der Waals surface area contributed by atoms with Crippen LogP contribution in [0.4, 0.5) is 10.8 Å². The average molecular weight is 413 g/mol. The first-order chi connectivity index (χ1) is 13.5. The smallest absolute Gasteiger partial charge is 0.328 e. The fourth-order valence-electron chi connectivity index (χ4n) is 2.22. The molecule has 0 atom stereocenters. The minimum atomic E-state index is -1.20. The van der Waals surface area contributed by atoms with E-state index >= 15 is 0 Å². The van der Waals surface area contributed by atoms with Crippen LogP contribution in [-0.2, 0) is 14.4 Å². The number of carbonyl (C=O) groups excluding carboxylic acids is 2. The van der Waals surface area contributed by atoms with Crippen LogP contribution in [0.1, 0.15) is 0 Å². The van der Waals surface area contributed by atoms with Gasteiger partial charge in [-0.25, -0.2) is 9.78 Å². The summed E-state index contributed by atoms with van der Waals surface area (Å²) in [6, 6.07) is 14.6. The zero-order valence-electron chi connectivity index (χ0n) is 14.4. The van der Waals surface area contributed by atoms with E-state index in [1.807, 2.05) is 30.3 Å². The number of carboxylic acid groups (broad SMARTS) is 1. The first kappa shape index (κ1) is 19.6.